The molecular weight excluding hydrogens is 226 g/mol. The van der Waals surface area contributed by atoms with Crippen molar-refractivity contribution in [3.05, 3.63) is 0 Å². The molecule has 0 aliphatic carbocycles. The SMILES string of the molecule is CC(=O)C(=O)NC1NC(=O)C2=NCCN=C2N1. The molecule has 1 atom stereocenters. The highest BCUT2D eigenvalue weighted by molar-refractivity contribution is 6.67. The Morgan fingerprint density at radius 1 is 1.29 bits per heavy atom. The van der Waals surface area contributed by atoms with Crippen molar-refractivity contribution in [1.29, 1.82) is 0 Å². The molecule has 0 aromatic carbocycles. The Morgan fingerprint density at radius 2 is 2.00 bits per heavy atom. The number of amidine groups is 1. The van der Waals surface area contributed by atoms with Gasteiger partial charge >= 0.3 is 0 Å². The second kappa shape index (κ2) is 4.32. The molecule has 3 N–H and O–H groups in total. The summed E-state index contributed by atoms with van der Waals surface area (Å²) >= 11 is 0. The molecule has 0 aromatic rings. The van der Waals surface area contributed by atoms with Gasteiger partial charge in [0, 0.05) is 6.92 Å². The van der Waals surface area contributed by atoms with Crippen molar-refractivity contribution in [2.45, 2.75) is 13.2 Å². The van der Waals surface area contributed by atoms with E-state index in [0.717, 1.165) is 6.92 Å². The number of amides is 2. The third-order valence-electron chi connectivity index (χ3n) is 2.23. The topological polar surface area (TPSA) is 112 Å². The van der Waals surface area contributed by atoms with Crippen LogP contribution >= 0.6 is 0 Å². The van der Waals surface area contributed by atoms with Crippen molar-refractivity contribution >= 4 is 29.1 Å². The first-order valence-corrected chi connectivity index (χ1v) is 5.06. The predicted molar refractivity (Wildman–Crippen MR) is 58.5 cm³/mol. The van der Waals surface area contributed by atoms with Gasteiger partial charge in [0.2, 0.25) is 5.78 Å². The van der Waals surface area contributed by atoms with E-state index in [9.17, 15) is 14.4 Å². The number of carbonyl (C=O) groups is 3. The van der Waals surface area contributed by atoms with Crippen molar-refractivity contribution < 1.29 is 14.4 Å². The summed E-state index contributed by atoms with van der Waals surface area (Å²) < 4.78 is 0. The molecule has 17 heavy (non-hydrogen) atoms. The quantitative estimate of drug-likeness (QED) is 0.463. The van der Waals surface area contributed by atoms with Crippen LogP contribution in [0.25, 0.3) is 0 Å². The number of nitrogens with one attached hydrogen (secondary N) is 3. The van der Waals surface area contributed by atoms with Gasteiger partial charge in [-0.3, -0.25) is 24.4 Å². The Bertz CT molecular complexity index is 454. The van der Waals surface area contributed by atoms with Crippen LogP contribution < -0.4 is 16.0 Å². The summed E-state index contributed by atoms with van der Waals surface area (Å²) in [5, 5.41) is 7.54. The van der Waals surface area contributed by atoms with Crippen LogP contribution in [-0.4, -0.2) is 48.5 Å². The van der Waals surface area contributed by atoms with Crippen LogP contribution in [0.4, 0.5) is 0 Å². The highest BCUT2D eigenvalue weighted by Gasteiger charge is 2.31. The van der Waals surface area contributed by atoms with Gasteiger partial charge in [-0.15, -0.1) is 0 Å². The fourth-order valence-corrected chi connectivity index (χ4v) is 1.44. The maximum atomic E-state index is 11.6. The number of rotatable bonds is 2. The molecule has 8 nitrogen and oxygen atoms in total. The second-order valence-electron chi connectivity index (χ2n) is 3.54. The minimum Gasteiger partial charge on any atom is -0.331 e. The lowest BCUT2D eigenvalue weighted by Crippen LogP contribution is -2.67. The number of hydrogen-bond acceptors (Lipinski definition) is 6. The molecule has 0 saturated carbocycles. The van der Waals surface area contributed by atoms with Crippen molar-refractivity contribution in [3.63, 3.8) is 0 Å². The van der Waals surface area contributed by atoms with E-state index in [1.165, 1.54) is 0 Å². The Balaban J connectivity index is 2.07. The minimum atomic E-state index is -0.838. The number of hydrogen-bond donors (Lipinski definition) is 3. The van der Waals surface area contributed by atoms with E-state index in [2.05, 4.69) is 25.9 Å². The van der Waals surface area contributed by atoms with Crippen molar-refractivity contribution in [2.75, 3.05) is 13.1 Å². The zero-order valence-electron chi connectivity index (χ0n) is 9.11. The van der Waals surface area contributed by atoms with Gasteiger partial charge < -0.3 is 16.0 Å². The Hall–Kier alpha value is -2.25. The number of aliphatic imine (C=N–C) groups is 2. The van der Waals surface area contributed by atoms with Gasteiger partial charge in [-0.05, 0) is 0 Å². The van der Waals surface area contributed by atoms with Gasteiger partial charge in [0.25, 0.3) is 11.8 Å². The monoisotopic (exact) mass is 237 g/mol. The highest BCUT2D eigenvalue weighted by Crippen LogP contribution is 1.98. The van der Waals surface area contributed by atoms with Crippen molar-refractivity contribution in [3.8, 4) is 0 Å². The predicted octanol–water partition coefficient (Wildman–Crippen LogP) is -2.45. The minimum absolute atomic E-state index is 0.226. The van der Waals surface area contributed by atoms with E-state index >= 15 is 0 Å². The normalized spacial score (nSPS) is 22.4. The molecule has 0 bridgehead atoms. The van der Waals surface area contributed by atoms with Gasteiger partial charge in [-0.1, -0.05) is 0 Å². The maximum absolute atomic E-state index is 11.6. The molecule has 0 radical (unpaired) electrons. The first-order valence-electron chi connectivity index (χ1n) is 5.06. The van der Waals surface area contributed by atoms with Crippen LogP contribution in [0, 0.1) is 0 Å². The van der Waals surface area contributed by atoms with Crippen LogP contribution in [0.2, 0.25) is 0 Å². The average Bonchev–Trinajstić information content (AvgIpc) is 2.29. The van der Waals surface area contributed by atoms with Gasteiger partial charge in [-0.25, -0.2) is 0 Å². The van der Waals surface area contributed by atoms with E-state index in [1.54, 1.807) is 0 Å². The average molecular weight is 237 g/mol. The molecule has 1 saturated heterocycles. The number of ketones is 1. The largest absolute Gasteiger partial charge is 0.331 e. The summed E-state index contributed by atoms with van der Waals surface area (Å²) in [7, 11) is 0. The van der Waals surface area contributed by atoms with Crippen LogP contribution in [0.15, 0.2) is 9.98 Å². The lowest BCUT2D eigenvalue weighted by molar-refractivity contribution is -0.137. The first-order chi connectivity index (χ1) is 8.08. The number of carbonyl (C=O) groups excluding carboxylic acids is 3. The smallest absolute Gasteiger partial charge is 0.290 e. The Kier molecular flexibility index (Phi) is 2.86. The summed E-state index contributed by atoms with van der Waals surface area (Å²) in [6, 6.07) is 0. The zero-order valence-corrected chi connectivity index (χ0v) is 9.11. The molecule has 0 aromatic heterocycles. The molecular formula is C9H11N5O3. The highest BCUT2D eigenvalue weighted by atomic mass is 16.2. The summed E-state index contributed by atoms with van der Waals surface area (Å²) in [5.41, 5.74) is 0.226. The van der Waals surface area contributed by atoms with Gasteiger partial charge in [0.1, 0.15) is 0 Å². The third-order valence-corrected chi connectivity index (χ3v) is 2.23. The molecule has 2 aliphatic heterocycles. The Morgan fingerprint density at radius 3 is 2.71 bits per heavy atom. The molecule has 2 aliphatic rings. The molecule has 8 heteroatoms. The van der Waals surface area contributed by atoms with E-state index in [4.69, 9.17) is 0 Å². The van der Waals surface area contributed by atoms with E-state index in [1.807, 2.05) is 0 Å². The molecule has 2 rings (SSSR count). The lowest BCUT2D eigenvalue weighted by atomic mass is 10.2. The van der Waals surface area contributed by atoms with Gasteiger partial charge in [0.05, 0.1) is 13.1 Å². The lowest BCUT2D eigenvalue weighted by Gasteiger charge is -2.29. The summed E-state index contributed by atoms with van der Waals surface area (Å²) in [4.78, 5) is 41.6. The third kappa shape index (κ3) is 2.30. The maximum Gasteiger partial charge on any atom is 0.290 e. The zero-order chi connectivity index (χ0) is 12.4. The number of nitrogens with zero attached hydrogens (tertiary/aromatic N) is 2. The van der Waals surface area contributed by atoms with Crippen LogP contribution in [0.1, 0.15) is 6.92 Å². The van der Waals surface area contributed by atoms with Crippen LogP contribution in [0.5, 0.6) is 0 Å². The summed E-state index contributed by atoms with van der Waals surface area (Å²) in [6.45, 7) is 2.11. The number of fused-ring (bicyclic) bond motifs is 1. The number of Topliss-reactive ketones (excluding diaryl/α,β-unsaturated/α-hetero) is 1. The fraction of sp³-hybridized carbons (Fsp3) is 0.444. The first kappa shape index (κ1) is 11.2. The molecule has 2 heterocycles. The molecule has 90 valence electrons. The molecule has 2 amide bonds. The van der Waals surface area contributed by atoms with Crippen LogP contribution in [-0.2, 0) is 14.4 Å². The van der Waals surface area contributed by atoms with E-state index in [-0.39, 0.29) is 5.71 Å². The van der Waals surface area contributed by atoms with Crippen molar-refractivity contribution in [2.24, 2.45) is 9.98 Å². The fourth-order valence-electron chi connectivity index (χ4n) is 1.44. The Labute approximate surface area is 96.6 Å². The molecule has 0 spiro atoms. The molecule has 1 unspecified atom stereocenters. The standard InChI is InChI=1S/C9H11N5O3/c1-4(15)7(16)13-9-12-6-5(8(17)14-9)10-2-3-11-6/h9H,2-3H2,1H3,(H,11,12)(H,13,16)(H,14,17). The van der Waals surface area contributed by atoms with Crippen LogP contribution in [0.3, 0.4) is 0 Å². The summed E-state index contributed by atoms with van der Waals surface area (Å²) in [6.07, 6.45) is -0.838. The van der Waals surface area contributed by atoms with Gasteiger partial charge in [0.15, 0.2) is 17.8 Å². The second-order valence-corrected chi connectivity index (χ2v) is 3.54. The van der Waals surface area contributed by atoms with E-state index < -0.39 is 23.9 Å². The van der Waals surface area contributed by atoms with Gasteiger partial charge in [-0.2, -0.15) is 0 Å². The molecule has 1 fully saturated rings. The van der Waals surface area contributed by atoms with Crippen molar-refractivity contribution in [1.82, 2.24) is 16.0 Å². The van der Waals surface area contributed by atoms with E-state index in [0.29, 0.717) is 18.9 Å². The summed E-state index contributed by atoms with van der Waals surface area (Å²) in [5.74, 6) is -1.49.